The number of hydrogen-bond donors (Lipinski definition) is 1. The van der Waals surface area contributed by atoms with E-state index in [1.165, 1.54) is 0 Å². The molecule has 3 aromatic rings. The maximum atomic E-state index is 12.6. The molecule has 0 bridgehead atoms. The molecule has 2 amide bonds. The molecule has 5 rings (SSSR count). The molecular weight excluding hydrogens is 386 g/mol. The lowest BCUT2D eigenvalue weighted by Gasteiger charge is -2.34. The first-order chi connectivity index (χ1) is 14.8. The molecule has 0 aliphatic carbocycles. The molecule has 30 heavy (non-hydrogen) atoms. The molecule has 2 aliphatic rings. The monoisotopic (exact) mass is 407 g/mol. The van der Waals surface area contributed by atoms with E-state index in [4.69, 9.17) is 9.47 Å². The Morgan fingerprint density at radius 1 is 1.00 bits per heavy atom. The number of piperazine rings is 1. The van der Waals surface area contributed by atoms with Crippen molar-refractivity contribution in [1.82, 2.24) is 30.0 Å². The van der Waals surface area contributed by atoms with Crippen molar-refractivity contribution in [2.75, 3.05) is 38.3 Å². The van der Waals surface area contributed by atoms with Crippen LogP contribution in [0, 0.1) is 0 Å². The summed E-state index contributed by atoms with van der Waals surface area (Å²) < 4.78 is 12.4. The Bertz CT molecular complexity index is 1030. The van der Waals surface area contributed by atoms with Gasteiger partial charge in [0, 0.05) is 37.9 Å². The summed E-state index contributed by atoms with van der Waals surface area (Å²) in [7, 11) is 0. The lowest BCUT2D eigenvalue weighted by Crippen LogP contribution is -2.49. The lowest BCUT2D eigenvalue weighted by atomic mass is 10.2. The van der Waals surface area contributed by atoms with Crippen LogP contribution in [0.4, 0.5) is 10.5 Å². The van der Waals surface area contributed by atoms with Gasteiger partial charge in [0.2, 0.25) is 6.79 Å². The van der Waals surface area contributed by atoms with E-state index >= 15 is 0 Å². The number of carbonyl (C=O) groups excluding carboxylic acids is 1. The number of anilines is 1. The molecule has 1 saturated heterocycles. The molecule has 10 heteroatoms. The number of nitrogens with zero attached hydrogens (tertiary/aromatic N) is 6. The molecule has 0 radical (unpaired) electrons. The third-order valence-electron chi connectivity index (χ3n) is 5.18. The van der Waals surface area contributed by atoms with Crippen LogP contribution in [0.25, 0.3) is 5.69 Å². The average Bonchev–Trinajstić information content (AvgIpc) is 3.44. The van der Waals surface area contributed by atoms with Crippen LogP contribution < -0.4 is 14.8 Å². The van der Waals surface area contributed by atoms with E-state index in [-0.39, 0.29) is 12.8 Å². The van der Waals surface area contributed by atoms with Gasteiger partial charge in [0.05, 0.1) is 12.2 Å². The number of para-hydroxylation sites is 1. The highest BCUT2D eigenvalue weighted by Gasteiger charge is 2.23. The fraction of sp³-hybridized carbons (Fsp3) is 0.300. The Hall–Kier alpha value is -3.66. The lowest BCUT2D eigenvalue weighted by molar-refractivity contribution is 0.140. The van der Waals surface area contributed by atoms with Crippen LogP contribution in [0.2, 0.25) is 0 Å². The summed E-state index contributed by atoms with van der Waals surface area (Å²) in [6.07, 6.45) is 0. The minimum atomic E-state index is -0.123. The molecule has 10 nitrogen and oxygen atoms in total. The van der Waals surface area contributed by atoms with Crippen molar-refractivity contribution in [3.8, 4) is 17.2 Å². The largest absolute Gasteiger partial charge is 0.454 e. The summed E-state index contributed by atoms with van der Waals surface area (Å²) in [6.45, 7) is 3.58. The van der Waals surface area contributed by atoms with Crippen LogP contribution in [0.1, 0.15) is 5.82 Å². The second kappa shape index (κ2) is 7.99. The minimum absolute atomic E-state index is 0.123. The van der Waals surface area contributed by atoms with Gasteiger partial charge in [0.25, 0.3) is 0 Å². The van der Waals surface area contributed by atoms with E-state index in [0.717, 1.165) is 24.6 Å². The van der Waals surface area contributed by atoms with Gasteiger partial charge in [-0.1, -0.05) is 18.2 Å². The van der Waals surface area contributed by atoms with Gasteiger partial charge in [-0.15, -0.1) is 5.10 Å². The highest BCUT2D eigenvalue weighted by molar-refractivity contribution is 5.89. The zero-order valence-corrected chi connectivity index (χ0v) is 16.3. The van der Waals surface area contributed by atoms with Crippen molar-refractivity contribution in [1.29, 1.82) is 0 Å². The summed E-state index contributed by atoms with van der Waals surface area (Å²) in [5.74, 6) is 2.12. The molecule has 0 saturated carbocycles. The molecule has 1 N–H and O–H groups in total. The van der Waals surface area contributed by atoms with Gasteiger partial charge in [0.15, 0.2) is 17.3 Å². The molecule has 0 unspecified atom stereocenters. The molecule has 1 fully saturated rings. The number of carbonyl (C=O) groups is 1. The van der Waals surface area contributed by atoms with Crippen LogP contribution in [0.5, 0.6) is 11.5 Å². The van der Waals surface area contributed by atoms with Crippen LogP contribution in [0.3, 0.4) is 0 Å². The summed E-state index contributed by atoms with van der Waals surface area (Å²) in [6, 6.07) is 15.1. The van der Waals surface area contributed by atoms with Crippen LogP contribution >= 0.6 is 0 Å². The molecule has 1 aromatic heterocycles. The topological polar surface area (TPSA) is 97.6 Å². The van der Waals surface area contributed by atoms with E-state index in [0.29, 0.717) is 36.8 Å². The van der Waals surface area contributed by atoms with Crippen LogP contribution in [-0.4, -0.2) is 69.0 Å². The molecule has 3 heterocycles. The van der Waals surface area contributed by atoms with Crippen LogP contribution in [-0.2, 0) is 6.54 Å². The Balaban J connectivity index is 1.16. The number of rotatable bonds is 4. The number of hydrogen-bond acceptors (Lipinski definition) is 7. The van der Waals surface area contributed by atoms with E-state index in [9.17, 15) is 4.79 Å². The number of fused-ring (bicyclic) bond motifs is 1. The highest BCUT2D eigenvalue weighted by atomic mass is 16.7. The molecular formula is C20H21N7O3. The number of benzene rings is 2. The third-order valence-corrected chi connectivity index (χ3v) is 5.18. The number of urea groups is 1. The second-order valence-electron chi connectivity index (χ2n) is 7.10. The molecule has 2 aliphatic heterocycles. The van der Waals surface area contributed by atoms with Crippen molar-refractivity contribution in [2.45, 2.75) is 6.54 Å². The molecule has 154 valence electrons. The van der Waals surface area contributed by atoms with E-state index in [2.05, 4.69) is 25.7 Å². The van der Waals surface area contributed by atoms with Gasteiger partial charge in [-0.25, -0.2) is 4.79 Å². The van der Waals surface area contributed by atoms with Crippen molar-refractivity contribution >= 4 is 11.7 Å². The molecule has 2 aromatic carbocycles. The first-order valence-corrected chi connectivity index (χ1v) is 9.77. The summed E-state index contributed by atoms with van der Waals surface area (Å²) in [5, 5.41) is 15.0. The van der Waals surface area contributed by atoms with Gasteiger partial charge >= 0.3 is 6.03 Å². The normalized spacial score (nSPS) is 15.9. The second-order valence-corrected chi connectivity index (χ2v) is 7.10. The molecule has 0 atom stereocenters. The predicted octanol–water partition coefficient (Wildman–Crippen LogP) is 1.74. The third kappa shape index (κ3) is 3.77. The maximum Gasteiger partial charge on any atom is 0.321 e. The van der Waals surface area contributed by atoms with Gasteiger partial charge in [-0.3, -0.25) is 4.90 Å². The van der Waals surface area contributed by atoms with Gasteiger partial charge < -0.3 is 19.7 Å². The fourth-order valence-corrected chi connectivity index (χ4v) is 3.56. The maximum absolute atomic E-state index is 12.6. The standard InChI is InChI=1S/C20H21N7O3/c28-20(21-15-6-7-17-18(12-15)30-14-29-17)26-10-8-25(9-11-26)13-19-22-23-24-27(19)16-4-2-1-3-5-16/h1-7,12H,8-11,13-14H2,(H,21,28). The number of ether oxygens (including phenoxy) is 2. The Kier molecular flexibility index (Phi) is 4.89. The number of aromatic nitrogens is 4. The number of tetrazole rings is 1. The summed E-state index contributed by atoms with van der Waals surface area (Å²) in [4.78, 5) is 16.7. The van der Waals surface area contributed by atoms with Crippen molar-refractivity contribution in [2.24, 2.45) is 0 Å². The zero-order chi connectivity index (χ0) is 20.3. The van der Waals surface area contributed by atoms with E-state index < -0.39 is 0 Å². The fourth-order valence-electron chi connectivity index (χ4n) is 3.56. The number of nitrogens with one attached hydrogen (secondary N) is 1. The van der Waals surface area contributed by atoms with Crippen molar-refractivity contribution in [3.05, 3.63) is 54.4 Å². The van der Waals surface area contributed by atoms with Crippen molar-refractivity contribution < 1.29 is 14.3 Å². The first-order valence-electron chi connectivity index (χ1n) is 9.77. The SMILES string of the molecule is O=C(Nc1ccc2c(c1)OCO2)N1CCN(Cc2nnnn2-c2ccccc2)CC1. The Morgan fingerprint density at radius 3 is 2.63 bits per heavy atom. The quantitative estimate of drug-likeness (QED) is 0.703. The smallest absolute Gasteiger partial charge is 0.321 e. The summed E-state index contributed by atoms with van der Waals surface area (Å²) >= 11 is 0. The molecule has 0 spiro atoms. The van der Waals surface area contributed by atoms with Gasteiger partial charge in [-0.2, -0.15) is 4.68 Å². The Morgan fingerprint density at radius 2 is 1.80 bits per heavy atom. The Labute approximate surface area is 173 Å². The minimum Gasteiger partial charge on any atom is -0.454 e. The summed E-state index contributed by atoms with van der Waals surface area (Å²) in [5.41, 5.74) is 1.62. The zero-order valence-electron chi connectivity index (χ0n) is 16.3. The van der Waals surface area contributed by atoms with E-state index in [1.54, 1.807) is 21.7 Å². The van der Waals surface area contributed by atoms with Crippen LogP contribution in [0.15, 0.2) is 48.5 Å². The predicted molar refractivity (Wildman–Crippen MR) is 108 cm³/mol. The van der Waals surface area contributed by atoms with Gasteiger partial charge in [0.1, 0.15) is 0 Å². The average molecular weight is 407 g/mol. The number of amides is 2. The van der Waals surface area contributed by atoms with E-state index in [1.807, 2.05) is 36.4 Å². The van der Waals surface area contributed by atoms with Gasteiger partial charge in [-0.05, 0) is 34.7 Å². The highest BCUT2D eigenvalue weighted by Crippen LogP contribution is 2.34. The van der Waals surface area contributed by atoms with Crippen molar-refractivity contribution in [3.63, 3.8) is 0 Å². The first kappa shape index (κ1) is 18.4.